The van der Waals surface area contributed by atoms with Crippen molar-refractivity contribution in [3.05, 3.63) is 46.8 Å². The van der Waals surface area contributed by atoms with Gasteiger partial charge in [0.05, 0.1) is 5.69 Å². The van der Waals surface area contributed by atoms with Gasteiger partial charge < -0.3 is 5.11 Å². The minimum Gasteiger partial charge on any atom is -0.481 e. The van der Waals surface area contributed by atoms with Crippen molar-refractivity contribution in [2.45, 2.75) is 6.42 Å². The highest BCUT2D eigenvalue weighted by Crippen LogP contribution is 2.21. The van der Waals surface area contributed by atoms with Gasteiger partial charge in [-0.3, -0.25) is 4.79 Å². The molecular formula is C13H9BrN4O2. The van der Waals surface area contributed by atoms with Gasteiger partial charge in [-0.1, -0.05) is 28.1 Å². The van der Waals surface area contributed by atoms with Crippen molar-refractivity contribution in [2.75, 3.05) is 0 Å². The van der Waals surface area contributed by atoms with E-state index in [9.17, 15) is 4.79 Å². The summed E-state index contributed by atoms with van der Waals surface area (Å²) < 4.78 is 2.54. The zero-order valence-corrected chi connectivity index (χ0v) is 11.8. The predicted octanol–water partition coefficient (Wildman–Crippen LogP) is 2.18. The van der Waals surface area contributed by atoms with Crippen LogP contribution in [0.1, 0.15) is 5.82 Å². The lowest BCUT2D eigenvalue weighted by molar-refractivity contribution is -0.136. The van der Waals surface area contributed by atoms with Gasteiger partial charge in [0.25, 0.3) is 5.78 Å². The second-order valence-corrected chi connectivity index (χ2v) is 5.06. The normalized spacial score (nSPS) is 10.8. The number of carboxylic acid groups (broad SMARTS) is 1. The molecule has 0 atom stereocenters. The number of aliphatic carboxylic acids is 1. The molecule has 2 aromatic heterocycles. The van der Waals surface area contributed by atoms with Crippen molar-refractivity contribution >= 4 is 27.7 Å². The van der Waals surface area contributed by atoms with Crippen LogP contribution >= 0.6 is 15.9 Å². The van der Waals surface area contributed by atoms with Crippen LogP contribution in [0.4, 0.5) is 0 Å². The molecule has 0 saturated carbocycles. The summed E-state index contributed by atoms with van der Waals surface area (Å²) in [6.07, 6.45) is 1.41. The second-order valence-electron chi connectivity index (χ2n) is 4.15. The third-order valence-corrected chi connectivity index (χ3v) is 3.26. The highest BCUT2D eigenvalue weighted by Gasteiger charge is 2.12. The molecule has 0 saturated heterocycles. The van der Waals surface area contributed by atoms with E-state index in [-0.39, 0.29) is 12.2 Å². The molecule has 3 rings (SSSR count). The number of fused-ring (bicyclic) bond motifs is 1. The number of hydrogen-bond acceptors (Lipinski definition) is 4. The lowest BCUT2D eigenvalue weighted by Crippen LogP contribution is -2.02. The molecule has 0 radical (unpaired) electrons. The smallest absolute Gasteiger partial charge is 0.311 e. The fourth-order valence-electron chi connectivity index (χ4n) is 1.88. The highest BCUT2D eigenvalue weighted by atomic mass is 79.9. The first-order chi connectivity index (χ1) is 9.63. The maximum Gasteiger partial charge on any atom is 0.311 e. The fraction of sp³-hybridized carbons (Fsp3) is 0.0769. The van der Waals surface area contributed by atoms with Crippen molar-refractivity contribution in [1.29, 1.82) is 0 Å². The van der Waals surface area contributed by atoms with Gasteiger partial charge in [-0.2, -0.15) is 9.50 Å². The monoisotopic (exact) mass is 332 g/mol. The molecule has 3 aromatic rings. The molecule has 20 heavy (non-hydrogen) atoms. The zero-order valence-electron chi connectivity index (χ0n) is 10.2. The molecule has 0 amide bonds. The van der Waals surface area contributed by atoms with Crippen LogP contribution in [0.5, 0.6) is 0 Å². The van der Waals surface area contributed by atoms with Crippen LogP contribution in [0.25, 0.3) is 17.0 Å². The molecule has 0 spiro atoms. The maximum atomic E-state index is 10.7. The summed E-state index contributed by atoms with van der Waals surface area (Å²) in [5.41, 5.74) is 1.76. The van der Waals surface area contributed by atoms with Gasteiger partial charge in [0.2, 0.25) is 0 Å². The fourth-order valence-corrected chi connectivity index (χ4v) is 2.15. The Balaban J connectivity index is 2.13. The van der Waals surface area contributed by atoms with Crippen LogP contribution in [-0.2, 0) is 11.2 Å². The summed E-state index contributed by atoms with van der Waals surface area (Å²) in [5.74, 6) is -0.331. The average Bonchev–Trinajstić information content (AvgIpc) is 2.80. The van der Waals surface area contributed by atoms with Gasteiger partial charge in [0, 0.05) is 16.2 Å². The van der Waals surface area contributed by atoms with E-state index in [1.807, 2.05) is 30.3 Å². The first-order valence-corrected chi connectivity index (χ1v) is 6.61. The number of carboxylic acids is 1. The van der Waals surface area contributed by atoms with Crippen molar-refractivity contribution in [1.82, 2.24) is 19.6 Å². The van der Waals surface area contributed by atoms with Gasteiger partial charge in [-0.25, -0.2) is 4.98 Å². The minimum absolute atomic E-state index is 0.219. The summed E-state index contributed by atoms with van der Waals surface area (Å²) >= 11 is 3.39. The average molecular weight is 333 g/mol. The lowest BCUT2D eigenvalue weighted by Gasteiger charge is -2.03. The summed E-state index contributed by atoms with van der Waals surface area (Å²) in [4.78, 5) is 18.9. The number of aromatic nitrogens is 4. The van der Waals surface area contributed by atoms with Gasteiger partial charge in [0.1, 0.15) is 6.42 Å². The Kier molecular flexibility index (Phi) is 3.19. The Morgan fingerprint density at radius 2 is 2.00 bits per heavy atom. The number of halogens is 1. The molecule has 0 aliphatic rings. The van der Waals surface area contributed by atoms with Crippen LogP contribution in [0, 0.1) is 0 Å². The van der Waals surface area contributed by atoms with Crippen LogP contribution in [-0.4, -0.2) is 30.7 Å². The number of benzene rings is 1. The van der Waals surface area contributed by atoms with E-state index in [1.54, 1.807) is 10.7 Å². The maximum absolute atomic E-state index is 10.7. The minimum atomic E-state index is -0.967. The predicted molar refractivity (Wildman–Crippen MR) is 75.3 cm³/mol. The zero-order chi connectivity index (χ0) is 14.1. The largest absolute Gasteiger partial charge is 0.481 e. The van der Waals surface area contributed by atoms with Gasteiger partial charge in [-0.05, 0) is 18.2 Å². The first kappa shape index (κ1) is 12.7. The standard InChI is InChI=1S/C13H9BrN4O2/c14-9-3-1-8(2-4-9)10-5-6-15-13-16-11(7-12(19)20)17-18(10)13/h1-6H,7H2,(H,19,20). The van der Waals surface area contributed by atoms with Crippen molar-refractivity contribution in [3.63, 3.8) is 0 Å². The van der Waals surface area contributed by atoms with Gasteiger partial charge >= 0.3 is 5.97 Å². The first-order valence-electron chi connectivity index (χ1n) is 5.82. The Morgan fingerprint density at radius 1 is 1.25 bits per heavy atom. The SMILES string of the molecule is O=C(O)Cc1nc2nccc(-c3ccc(Br)cc3)n2n1. The molecule has 0 unspecified atom stereocenters. The van der Waals surface area contributed by atoms with Crippen molar-refractivity contribution in [3.8, 4) is 11.3 Å². The Hall–Kier alpha value is -2.28. The highest BCUT2D eigenvalue weighted by molar-refractivity contribution is 9.10. The van der Waals surface area contributed by atoms with E-state index >= 15 is 0 Å². The molecule has 1 N–H and O–H groups in total. The van der Waals surface area contributed by atoms with E-state index in [1.165, 1.54) is 0 Å². The summed E-state index contributed by atoms with van der Waals surface area (Å²) in [6.45, 7) is 0. The number of rotatable bonds is 3. The van der Waals surface area contributed by atoms with E-state index < -0.39 is 5.97 Å². The summed E-state index contributed by atoms with van der Waals surface area (Å²) in [5, 5.41) is 13.0. The number of nitrogens with zero attached hydrogens (tertiary/aromatic N) is 4. The summed E-state index contributed by atoms with van der Waals surface area (Å²) in [6, 6.07) is 9.55. The van der Waals surface area contributed by atoms with E-state index in [4.69, 9.17) is 5.11 Å². The third kappa shape index (κ3) is 2.39. The molecule has 0 aliphatic carbocycles. The van der Waals surface area contributed by atoms with E-state index in [0.29, 0.717) is 5.78 Å². The van der Waals surface area contributed by atoms with Crippen LogP contribution in [0.3, 0.4) is 0 Å². The molecule has 100 valence electrons. The third-order valence-electron chi connectivity index (χ3n) is 2.73. The van der Waals surface area contributed by atoms with E-state index in [2.05, 4.69) is 31.0 Å². The van der Waals surface area contributed by atoms with Crippen LogP contribution < -0.4 is 0 Å². The Morgan fingerprint density at radius 3 is 2.70 bits per heavy atom. The molecular weight excluding hydrogens is 324 g/mol. The second kappa shape index (κ2) is 5.01. The number of carbonyl (C=O) groups is 1. The Bertz CT molecular complexity index is 783. The summed E-state index contributed by atoms with van der Waals surface area (Å²) in [7, 11) is 0. The topological polar surface area (TPSA) is 80.4 Å². The lowest BCUT2D eigenvalue weighted by atomic mass is 10.1. The molecule has 7 heteroatoms. The molecule has 0 bridgehead atoms. The molecule has 0 fully saturated rings. The molecule has 1 aromatic carbocycles. The van der Waals surface area contributed by atoms with Crippen molar-refractivity contribution in [2.24, 2.45) is 0 Å². The van der Waals surface area contributed by atoms with Gasteiger partial charge in [-0.15, -0.1) is 5.10 Å². The van der Waals surface area contributed by atoms with Gasteiger partial charge in [0.15, 0.2) is 5.82 Å². The number of hydrogen-bond donors (Lipinski definition) is 1. The molecule has 2 heterocycles. The molecule has 0 aliphatic heterocycles. The quantitative estimate of drug-likeness (QED) is 0.795. The molecule has 6 nitrogen and oxygen atoms in total. The Labute approximate surface area is 122 Å². The van der Waals surface area contributed by atoms with Crippen molar-refractivity contribution < 1.29 is 9.90 Å². The van der Waals surface area contributed by atoms with E-state index in [0.717, 1.165) is 15.7 Å². The van der Waals surface area contributed by atoms with Crippen LogP contribution in [0.2, 0.25) is 0 Å². The van der Waals surface area contributed by atoms with Crippen LogP contribution in [0.15, 0.2) is 41.0 Å².